The lowest BCUT2D eigenvalue weighted by Gasteiger charge is -2.38. The van der Waals surface area contributed by atoms with Crippen LogP contribution in [0.1, 0.15) is 66.4 Å². The molecular formula is C108H123ClF4N22O10S3. The second kappa shape index (κ2) is 44.5. The van der Waals surface area contributed by atoms with E-state index in [1.54, 1.807) is 168 Å². The molecule has 7 saturated heterocycles. The number of sulfone groups is 1. The van der Waals surface area contributed by atoms with Gasteiger partial charge < -0.3 is 55.7 Å². The van der Waals surface area contributed by atoms with Crippen molar-refractivity contribution in [3.05, 3.63) is 260 Å². The fourth-order valence-electron chi connectivity index (χ4n) is 20.5. The maximum Gasteiger partial charge on any atom is 0.400 e. The molecule has 778 valence electrons. The number of fused-ring (bicyclic) bond motifs is 4. The summed E-state index contributed by atoms with van der Waals surface area (Å²) < 4.78 is 124. The predicted octanol–water partition coefficient (Wildman–Crippen LogP) is 15.3. The highest BCUT2D eigenvalue weighted by Crippen LogP contribution is 2.39. The van der Waals surface area contributed by atoms with Gasteiger partial charge in [0.25, 0.3) is 16.7 Å². The summed E-state index contributed by atoms with van der Waals surface area (Å²) in [6, 6.07) is 48.3. The maximum atomic E-state index is 15.3. The zero-order valence-electron chi connectivity index (χ0n) is 82.7. The number of piperazine rings is 3. The number of morpholine rings is 1. The smallest absolute Gasteiger partial charge is 0.381 e. The zero-order valence-corrected chi connectivity index (χ0v) is 85.9. The first kappa shape index (κ1) is 103. The van der Waals surface area contributed by atoms with Crippen molar-refractivity contribution in [2.24, 2.45) is 5.92 Å². The predicted molar refractivity (Wildman–Crippen MR) is 581 cm³/mol. The molecule has 8 aromatic heterocycles. The van der Waals surface area contributed by atoms with E-state index in [2.05, 4.69) is 107 Å². The normalized spacial score (nSPS) is 17.9. The van der Waals surface area contributed by atoms with Crippen LogP contribution in [0, 0.1) is 32.5 Å². The number of carbonyl (C=O) groups excluding carboxylic acids is 1. The molecule has 6 aromatic carbocycles. The van der Waals surface area contributed by atoms with Crippen LogP contribution in [0.25, 0.3) is 66.6 Å². The van der Waals surface area contributed by atoms with E-state index in [-0.39, 0.29) is 89.0 Å². The number of hydrogen-bond donors (Lipinski definition) is 5. The zero-order chi connectivity index (χ0) is 103. The molecule has 0 spiro atoms. The van der Waals surface area contributed by atoms with Crippen LogP contribution in [0.5, 0.6) is 0 Å². The highest BCUT2D eigenvalue weighted by atomic mass is 35.5. The molecule has 148 heavy (non-hydrogen) atoms. The molecule has 21 rings (SSSR count). The fraction of sp³-hybridized carbons (Fsp3) is 0.352. The van der Waals surface area contributed by atoms with Gasteiger partial charge in [-0.1, -0.05) is 48.0 Å². The summed E-state index contributed by atoms with van der Waals surface area (Å²) in [5, 5.41) is 18.8. The molecule has 0 aliphatic carbocycles. The van der Waals surface area contributed by atoms with Gasteiger partial charge in [-0.3, -0.25) is 61.1 Å². The third-order valence-electron chi connectivity index (χ3n) is 28.5. The first-order chi connectivity index (χ1) is 71.3. The Labute approximate surface area is 864 Å². The highest BCUT2D eigenvalue weighted by Gasteiger charge is 2.36. The van der Waals surface area contributed by atoms with E-state index in [0.29, 0.717) is 169 Å². The summed E-state index contributed by atoms with van der Waals surface area (Å²) in [4.78, 5) is 107. The molecule has 0 saturated carbocycles. The molecule has 7 aliphatic rings. The Kier molecular flexibility index (Phi) is 31.0. The van der Waals surface area contributed by atoms with Crippen LogP contribution < -0.4 is 58.0 Å². The van der Waals surface area contributed by atoms with Crippen LogP contribution in [0.15, 0.2) is 240 Å². The van der Waals surface area contributed by atoms with Crippen molar-refractivity contribution in [1.29, 1.82) is 0 Å². The lowest BCUT2D eigenvalue weighted by atomic mass is 9.98. The largest absolute Gasteiger partial charge is 0.400 e. The quantitative estimate of drug-likeness (QED) is 0.0262. The van der Waals surface area contributed by atoms with E-state index in [4.69, 9.17) is 36.0 Å². The Morgan fingerprint density at radius 3 is 1.78 bits per heavy atom. The number of carbonyl (C=O) groups is 1. The van der Waals surface area contributed by atoms with Crippen molar-refractivity contribution in [3.63, 3.8) is 0 Å². The minimum absolute atomic E-state index is 0. The number of nitrogens with zero attached hydrogens (tertiary/aromatic N) is 17. The maximum absolute atomic E-state index is 15.3. The number of nitrogens with one attached hydrogen (secondary N) is 5. The molecule has 14 aromatic rings. The summed E-state index contributed by atoms with van der Waals surface area (Å²) in [6.07, 6.45) is 10.6. The van der Waals surface area contributed by atoms with E-state index >= 15 is 4.39 Å². The molecule has 1 amide bonds. The van der Waals surface area contributed by atoms with E-state index in [1.165, 1.54) is 41.8 Å². The number of anilines is 9. The number of alkyl halides is 3. The van der Waals surface area contributed by atoms with Crippen molar-refractivity contribution in [2.45, 2.75) is 129 Å². The van der Waals surface area contributed by atoms with Gasteiger partial charge in [0, 0.05) is 262 Å². The number of pyridine rings is 5. The molecule has 5 N–H and O–H groups in total. The average molecular weight is 2100 g/mol. The molecular weight excluding hydrogens is 1970 g/mol. The minimum Gasteiger partial charge on any atom is -0.381 e. The van der Waals surface area contributed by atoms with Gasteiger partial charge in [0.1, 0.15) is 35.1 Å². The molecule has 4 unspecified atom stereocenters. The fourth-order valence-corrected chi connectivity index (χ4v) is 25.1. The monoisotopic (exact) mass is 2090 g/mol. The van der Waals surface area contributed by atoms with Crippen molar-refractivity contribution in [3.8, 4) is 33.5 Å². The van der Waals surface area contributed by atoms with Gasteiger partial charge in [-0.05, 0) is 246 Å². The first-order valence-electron chi connectivity index (χ1n) is 49.8. The summed E-state index contributed by atoms with van der Waals surface area (Å²) in [6.45, 7) is 23.9. The van der Waals surface area contributed by atoms with Gasteiger partial charge in [-0.2, -0.15) is 28.1 Å². The molecule has 0 radical (unpaired) electrons. The van der Waals surface area contributed by atoms with Gasteiger partial charge in [0.05, 0.1) is 50.7 Å². The van der Waals surface area contributed by atoms with E-state index in [0.717, 1.165) is 127 Å². The molecule has 40 heteroatoms. The number of rotatable bonds is 25. The van der Waals surface area contributed by atoms with Crippen molar-refractivity contribution in [1.82, 2.24) is 78.9 Å². The Bertz CT molecular complexity index is 7900. The SMILES string of the molecule is C=S(=O)(CC(F)(F)F)c1cnc(-c2cc3cnc(Nc4ccc(N5CCN6CCCC6C5)cc4)nc3n(CCN3CCOCC3)c2=O)c(C)c1.C=S(=O)(c1ccncc1)c1ccc(-c2cc3cnc(Nc4ccc(N5CCNCC5)c(Cl)c4)nc3n(CC(=O)N3CCCC3)c2=O)c(C)c1.Cc1c(-c2cc3cnc(Nc4ccc(N5CCNCC5C)c(F)c4)nc3n(CC3CCOCC3)c2=O)cccc1S(=O)(=O)c1ccccc1.[HH].[HH].[HH]. The van der Waals surface area contributed by atoms with Gasteiger partial charge in [-0.15, -0.1) is 0 Å². The lowest BCUT2D eigenvalue weighted by Crippen LogP contribution is -2.50. The van der Waals surface area contributed by atoms with Crippen LogP contribution in [0.4, 0.5) is 69.5 Å². The van der Waals surface area contributed by atoms with Gasteiger partial charge in [-0.25, -0.2) is 27.8 Å². The number of likely N-dealkylation sites (tertiary alicyclic amines) is 1. The molecule has 32 nitrogen and oxygen atoms in total. The van der Waals surface area contributed by atoms with Crippen LogP contribution in [0.2, 0.25) is 5.02 Å². The summed E-state index contributed by atoms with van der Waals surface area (Å²) in [7, 11) is -10.3. The van der Waals surface area contributed by atoms with Gasteiger partial charge >= 0.3 is 6.18 Å². The second-order valence-corrected chi connectivity index (χ2v) is 45.5. The second-order valence-electron chi connectivity index (χ2n) is 38.5. The summed E-state index contributed by atoms with van der Waals surface area (Å²) in [5.41, 5.74) is 9.06. The van der Waals surface area contributed by atoms with Gasteiger partial charge in [0.2, 0.25) is 33.6 Å². The van der Waals surface area contributed by atoms with E-state index in [9.17, 15) is 49.2 Å². The van der Waals surface area contributed by atoms with Crippen LogP contribution in [-0.4, -0.2) is 258 Å². The number of benzene rings is 6. The van der Waals surface area contributed by atoms with Gasteiger partial charge in [0.15, 0.2) is 0 Å². The van der Waals surface area contributed by atoms with E-state index in [1.807, 2.05) is 37.3 Å². The Morgan fingerprint density at radius 1 is 0.534 bits per heavy atom. The number of aromatic nitrogens is 11. The summed E-state index contributed by atoms with van der Waals surface area (Å²) >= 11 is 6.69. The molecule has 0 bridgehead atoms. The lowest BCUT2D eigenvalue weighted by molar-refractivity contribution is -0.130. The topological polar surface area (TPSA) is 353 Å². The molecule has 7 aliphatic heterocycles. The van der Waals surface area contributed by atoms with Crippen LogP contribution in [-0.2, 0) is 62.8 Å². The van der Waals surface area contributed by atoms with Crippen molar-refractivity contribution < 1.29 is 52.9 Å². The minimum atomic E-state index is -4.65. The number of amides is 1. The number of ether oxygens (including phenoxy) is 2. The number of hydrogen-bond acceptors (Lipinski definition) is 28. The molecule has 7 fully saturated rings. The number of halogens is 5. The third kappa shape index (κ3) is 23.0. The standard InChI is InChI=1S/C37H39FN6O4S.C36H37ClN8O3S.C35H41F3N8O3S.3H2/c1-24-21-39-15-16-43(24)33-12-11-28(20-32(33)38)41-37-40-22-27-19-31(36(45)44(35(27)42-37)23-26-13-17-48-18-14-26)30-9-6-10-34(25(30)2)49(46,47)29-7-4-3-5-8-29;1-24-19-28(49(2,48)27-9-11-38-12-10-27)6-7-29(24)30-20-25-22-40-36(41-26-5-8-32(31(37)21-26)43-17-13-39-14-18-43)42-34(25)45(35(30)47)23-33(46)44-15-3-4-16-44;1-24-18-29(50(2,48)23-35(36,37)38)21-39-31(24)30-19-25-20-40-34(42-32(25)46(33(30)47)13-10-43-14-16-49-17-15-43)41-26-5-7-27(8-6-26)45-12-11-44-9-3-4-28(44)22-45;;;/h3-12,19-20,22,24,26,39H,13-18,21,23H2,1-2H3,(H,40,41,42);5-12,19-22,39H,2-4,13-18,23H2,1H3,(H,40,41,42);5-8,18-21,28H,2-4,9-17,22-23H2,1H3,(H,40,41,42);3*1H. The first-order valence-corrected chi connectivity index (χ1v) is 55.3. The number of aryl methyl sites for hydroxylation is 2. The van der Waals surface area contributed by atoms with E-state index < -0.39 is 40.8 Å². The molecule has 15 heterocycles. The van der Waals surface area contributed by atoms with Crippen LogP contribution >= 0.6 is 11.6 Å². The average Bonchev–Trinajstić information content (AvgIpc) is 1.30. The molecule has 4 atom stereocenters. The summed E-state index contributed by atoms with van der Waals surface area (Å²) in [5.74, 6) is 6.37. The Balaban J connectivity index is 0.000000159. The highest BCUT2D eigenvalue weighted by molar-refractivity contribution is 8.00. The Morgan fingerprint density at radius 2 is 1.14 bits per heavy atom. The van der Waals surface area contributed by atoms with Crippen molar-refractivity contribution >= 4 is 143 Å². The van der Waals surface area contributed by atoms with Crippen molar-refractivity contribution in [2.75, 3.05) is 168 Å². The van der Waals surface area contributed by atoms with Crippen LogP contribution in [0.3, 0.4) is 0 Å². The Hall–Kier alpha value is -13.5. The third-order valence-corrected chi connectivity index (χ3v) is 34.6.